The molecule has 2 aromatic rings. The number of carboxylic acids is 1. The van der Waals surface area contributed by atoms with Gasteiger partial charge in [-0.2, -0.15) is 0 Å². The Bertz CT molecular complexity index is 956. The summed E-state index contributed by atoms with van der Waals surface area (Å²) in [5, 5.41) is 9.32. The third kappa shape index (κ3) is 3.99. The molecule has 0 radical (unpaired) electrons. The zero-order valence-electron chi connectivity index (χ0n) is 17.8. The average molecular weight is 419 g/mol. The Labute approximate surface area is 183 Å². The lowest BCUT2D eigenvalue weighted by molar-refractivity contribution is -0.137. The highest BCUT2D eigenvalue weighted by molar-refractivity contribution is 5.97. The van der Waals surface area contributed by atoms with Gasteiger partial charge in [0.2, 0.25) is 5.91 Å². The molecule has 2 saturated carbocycles. The van der Waals surface area contributed by atoms with Crippen molar-refractivity contribution < 1.29 is 14.7 Å². The lowest BCUT2D eigenvalue weighted by atomic mass is 9.81. The summed E-state index contributed by atoms with van der Waals surface area (Å²) in [5.41, 5.74) is 3.27. The normalized spacial score (nSPS) is 24.7. The van der Waals surface area contributed by atoms with Crippen molar-refractivity contribution in [2.75, 3.05) is 11.4 Å². The second-order valence-electron chi connectivity index (χ2n) is 9.20. The summed E-state index contributed by atoms with van der Waals surface area (Å²) in [4.78, 5) is 29.4. The summed E-state index contributed by atoms with van der Waals surface area (Å²) in [6.45, 7) is 0.584. The van der Waals surface area contributed by atoms with E-state index in [-0.39, 0.29) is 24.4 Å². The lowest BCUT2D eigenvalue weighted by Crippen LogP contribution is -2.52. The number of para-hydroxylation sites is 1. The quantitative estimate of drug-likeness (QED) is 0.723. The molecule has 1 heterocycles. The second-order valence-corrected chi connectivity index (χ2v) is 9.20. The molecule has 0 saturated heterocycles. The number of fused-ring (bicyclic) bond motifs is 2. The highest BCUT2D eigenvalue weighted by Gasteiger charge is 2.49. The average Bonchev–Trinajstić information content (AvgIpc) is 3.50. The van der Waals surface area contributed by atoms with Gasteiger partial charge in [0, 0.05) is 30.4 Å². The number of nitrogens with zero attached hydrogens (tertiary/aromatic N) is 2. The van der Waals surface area contributed by atoms with Crippen molar-refractivity contribution in [3.8, 4) is 0 Å². The first-order valence-corrected chi connectivity index (χ1v) is 11.6. The molecule has 2 fully saturated rings. The van der Waals surface area contributed by atoms with Crippen LogP contribution in [0.1, 0.15) is 55.7 Å². The van der Waals surface area contributed by atoms with Crippen molar-refractivity contribution in [3.05, 3.63) is 65.7 Å². The predicted molar refractivity (Wildman–Crippen MR) is 120 cm³/mol. The van der Waals surface area contributed by atoms with E-state index in [0.717, 1.165) is 43.4 Å². The maximum absolute atomic E-state index is 13.5. The molecule has 2 aliphatic carbocycles. The molecule has 162 valence electrons. The second kappa shape index (κ2) is 8.46. The van der Waals surface area contributed by atoms with Crippen LogP contribution in [0.15, 0.2) is 54.6 Å². The minimum absolute atomic E-state index is 0.164. The van der Waals surface area contributed by atoms with Crippen molar-refractivity contribution in [2.24, 2.45) is 5.92 Å². The molecule has 0 spiro atoms. The summed E-state index contributed by atoms with van der Waals surface area (Å²) >= 11 is 0. The number of carbonyl (C=O) groups excluding carboxylic acids is 1. The monoisotopic (exact) mass is 418 g/mol. The number of amides is 1. The Morgan fingerprint density at radius 1 is 0.968 bits per heavy atom. The number of hydrogen-bond acceptors (Lipinski definition) is 3. The van der Waals surface area contributed by atoms with Crippen LogP contribution in [0.4, 0.5) is 5.69 Å². The summed E-state index contributed by atoms with van der Waals surface area (Å²) < 4.78 is 0. The molecule has 2 aromatic carbocycles. The molecule has 5 rings (SSSR count). The fourth-order valence-electron chi connectivity index (χ4n) is 5.80. The van der Waals surface area contributed by atoms with Crippen LogP contribution in [-0.4, -0.2) is 40.5 Å². The highest BCUT2D eigenvalue weighted by atomic mass is 16.4. The van der Waals surface area contributed by atoms with Crippen LogP contribution in [0.2, 0.25) is 0 Å². The Morgan fingerprint density at radius 2 is 1.71 bits per heavy atom. The van der Waals surface area contributed by atoms with Gasteiger partial charge in [0.05, 0.1) is 12.8 Å². The number of aliphatic carboxylic acids is 1. The van der Waals surface area contributed by atoms with Crippen molar-refractivity contribution in [2.45, 2.75) is 63.1 Å². The molecule has 31 heavy (non-hydrogen) atoms. The number of benzene rings is 2. The van der Waals surface area contributed by atoms with Crippen molar-refractivity contribution >= 4 is 17.6 Å². The number of anilines is 1. The standard InChI is InChI=1S/C26H30N2O3/c29-24(17-18-7-2-1-3-8-18)28-22-11-5-4-9-20(22)26(21-10-6-12-23(21)28)27(19-13-14-19)16-15-25(30)31/h1-5,7-9,11,19,21,23,26H,6,10,12-17H2,(H,30,31). The Kier molecular flexibility index (Phi) is 5.53. The Morgan fingerprint density at radius 3 is 2.45 bits per heavy atom. The van der Waals surface area contributed by atoms with Gasteiger partial charge in [0.25, 0.3) is 0 Å². The van der Waals surface area contributed by atoms with Crippen LogP contribution in [0.25, 0.3) is 0 Å². The van der Waals surface area contributed by atoms with E-state index in [2.05, 4.69) is 28.0 Å². The first kappa shape index (κ1) is 20.3. The maximum atomic E-state index is 13.5. The topological polar surface area (TPSA) is 60.9 Å². The van der Waals surface area contributed by atoms with Gasteiger partial charge in [-0.05, 0) is 48.8 Å². The molecule has 0 aromatic heterocycles. The van der Waals surface area contributed by atoms with Crippen LogP contribution in [0.3, 0.4) is 0 Å². The molecule has 3 aliphatic rings. The molecule has 3 unspecified atom stereocenters. The molecule has 3 atom stereocenters. The summed E-state index contributed by atoms with van der Waals surface area (Å²) in [6, 6.07) is 19.2. The number of carbonyl (C=O) groups is 2. The lowest BCUT2D eigenvalue weighted by Gasteiger charge is -2.48. The maximum Gasteiger partial charge on any atom is 0.304 e. The van der Waals surface area contributed by atoms with E-state index in [1.807, 2.05) is 36.4 Å². The van der Waals surface area contributed by atoms with Crippen LogP contribution in [-0.2, 0) is 16.0 Å². The number of carboxylic acid groups (broad SMARTS) is 1. The molecule has 5 nitrogen and oxygen atoms in total. The highest BCUT2D eigenvalue weighted by Crippen LogP contribution is 2.52. The van der Waals surface area contributed by atoms with Crippen LogP contribution in [0, 0.1) is 5.92 Å². The molecule has 1 N–H and O–H groups in total. The fraction of sp³-hybridized carbons (Fsp3) is 0.462. The van der Waals surface area contributed by atoms with E-state index in [1.54, 1.807) is 0 Å². The minimum Gasteiger partial charge on any atom is -0.481 e. The molecule has 5 heteroatoms. The van der Waals surface area contributed by atoms with Gasteiger partial charge in [-0.3, -0.25) is 14.5 Å². The van der Waals surface area contributed by atoms with Crippen LogP contribution < -0.4 is 4.90 Å². The minimum atomic E-state index is -0.739. The summed E-state index contributed by atoms with van der Waals surface area (Å²) in [7, 11) is 0. The molecule has 1 amide bonds. The van der Waals surface area contributed by atoms with Gasteiger partial charge < -0.3 is 10.0 Å². The van der Waals surface area contributed by atoms with Crippen molar-refractivity contribution in [3.63, 3.8) is 0 Å². The SMILES string of the molecule is O=C(O)CCN(C1CC1)C1c2ccccc2N(C(=O)Cc2ccccc2)C2CCCC21. The zero-order chi connectivity index (χ0) is 21.4. The van der Waals surface area contributed by atoms with Gasteiger partial charge in [0.1, 0.15) is 0 Å². The number of rotatable bonds is 7. The first-order chi connectivity index (χ1) is 15.1. The van der Waals surface area contributed by atoms with Gasteiger partial charge in [-0.15, -0.1) is 0 Å². The van der Waals surface area contributed by atoms with E-state index in [0.29, 0.717) is 24.9 Å². The third-order valence-corrected chi connectivity index (χ3v) is 7.21. The molecular formula is C26H30N2O3. The summed E-state index contributed by atoms with van der Waals surface area (Å²) in [6.07, 6.45) is 6.10. The molecule has 1 aliphatic heterocycles. The van der Waals surface area contributed by atoms with E-state index in [9.17, 15) is 14.7 Å². The third-order valence-electron chi connectivity index (χ3n) is 7.21. The van der Waals surface area contributed by atoms with Crippen LogP contribution >= 0.6 is 0 Å². The van der Waals surface area contributed by atoms with Gasteiger partial charge >= 0.3 is 5.97 Å². The predicted octanol–water partition coefficient (Wildman–Crippen LogP) is 4.42. The zero-order valence-corrected chi connectivity index (χ0v) is 17.8. The molecule has 0 bridgehead atoms. The van der Waals surface area contributed by atoms with Crippen LogP contribution in [0.5, 0.6) is 0 Å². The Hall–Kier alpha value is -2.66. The largest absolute Gasteiger partial charge is 0.481 e. The first-order valence-electron chi connectivity index (χ1n) is 11.6. The smallest absolute Gasteiger partial charge is 0.304 e. The number of hydrogen-bond donors (Lipinski definition) is 1. The van der Waals surface area contributed by atoms with E-state index in [1.165, 1.54) is 5.56 Å². The van der Waals surface area contributed by atoms with Gasteiger partial charge in [-0.25, -0.2) is 0 Å². The van der Waals surface area contributed by atoms with E-state index in [4.69, 9.17) is 0 Å². The summed E-state index contributed by atoms with van der Waals surface area (Å²) in [5.74, 6) is -0.209. The van der Waals surface area contributed by atoms with E-state index >= 15 is 0 Å². The molecular weight excluding hydrogens is 388 g/mol. The van der Waals surface area contributed by atoms with Gasteiger partial charge in [-0.1, -0.05) is 55.0 Å². The van der Waals surface area contributed by atoms with Crippen molar-refractivity contribution in [1.29, 1.82) is 0 Å². The fourth-order valence-corrected chi connectivity index (χ4v) is 5.80. The van der Waals surface area contributed by atoms with Crippen molar-refractivity contribution in [1.82, 2.24) is 4.90 Å². The Balaban J connectivity index is 1.51. The van der Waals surface area contributed by atoms with E-state index < -0.39 is 5.97 Å². The van der Waals surface area contributed by atoms with Gasteiger partial charge in [0.15, 0.2) is 0 Å².